The Hall–Kier alpha value is -1.25. The highest BCUT2D eigenvalue weighted by atomic mass is 28.4. The predicted octanol–water partition coefficient (Wildman–Crippen LogP) is 2.91. The summed E-state index contributed by atoms with van der Waals surface area (Å²) < 4.78 is 27.0. The quantitative estimate of drug-likeness (QED) is 0.838. The monoisotopic (exact) mass is 357 g/mol. The molecule has 136 valence electrons. The number of nitrogens with zero attached hydrogens (tertiary/aromatic N) is 2. The van der Waals surface area contributed by atoms with Crippen molar-refractivity contribution >= 4 is 14.1 Å². The lowest BCUT2D eigenvalue weighted by atomic mass is 10.1. The van der Waals surface area contributed by atoms with Crippen LogP contribution in [0.4, 0.5) is 10.2 Å². The van der Waals surface area contributed by atoms with Gasteiger partial charge in [-0.05, 0) is 24.6 Å². The van der Waals surface area contributed by atoms with Gasteiger partial charge in [-0.25, -0.2) is 9.18 Å². The summed E-state index contributed by atoms with van der Waals surface area (Å²) in [5.74, 6) is -1.05. The number of nitrogen functional groups attached to an aromatic ring is 1. The summed E-state index contributed by atoms with van der Waals surface area (Å²) in [5, 5.41) is 0.123. The predicted molar refractivity (Wildman–Crippen MR) is 93.7 cm³/mol. The van der Waals surface area contributed by atoms with Crippen LogP contribution in [0.2, 0.25) is 18.1 Å². The number of anilines is 1. The van der Waals surface area contributed by atoms with Crippen molar-refractivity contribution < 1.29 is 13.6 Å². The Morgan fingerprint density at radius 2 is 2.12 bits per heavy atom. The van der Waals surface area contributed by atoms with Gasteiger partial charge in [0.1, 0.15) is 6.23 Å². The first kappa shape index (κ1) is 19.1. The van der Waals surface area contributed by atoms with Crippen molar-refractivity contribution in [3.8, 4) is 0 Å². The summed E-state index contributed by atoms with van der Waals surface area (Å²) in [6.07, 6.45) is 1.15. The van der Waals surface area contributed by atoms with Gasteiger partial charge in [0, 0.05) is 5.92 Å². The molecule has 2 N–H and O–H groups in total. The largest absolute Gasteiger partial charge is 0.414 e. The van der Waals surface area contributed by atoms with E-state index >= 15 is 0 Å². The van der Waals surface area contributed by atoms with Gasteiger partial charge >= 0.3 is 5.69 Å². The fourth-order valence-electron chi connectivity index (χ4n) is 2.52. The van der Waals surface area contributed by atoms with Crippen LogP contribution in [0.5, 0.6) is 0 Å². The van der Waals surface area contributed by atoms with Crippen molar-refractivity contribution in [2.24, 2.45) is 5.92 Å². The number of rotatable bonds is 4. The Bertz CT molecular complexity index is 657. The average Bonchev–Trinajstić information content (AvgIpc) is 2.80. The molecule has 0 radical (unpaired) electrons. The zero-order valence-electron chi connectivity index (χ0n) is 15.3. The van der Waals surface area contributed by atoms with Gasteiger partial charge in [-0.1, -0.05) is 27.7 Å². The first-order valence-corrected chi connectivity index (χ1v) is 11.2. The second-order valence-corrected chi connectivity index (χ2v) is 12.9. The molecule has 0 amide bonds. The summed E-state index contributed by atoms with van der Waals surface area (Å²) >= 11 is 0. The number of aromatic nitrogens is 2. The van der Waals surface area contributed by atoms with Gasteiger partial charge in [0.25, 0.3) is 0 Å². The summed E-state index contributed by atoms with van der Waals surface area (Å²) in [5.41, 5.74) is 4.73. The summed E-state index contributed by atoms with van der Waals surface area (Å²) in [4.78, 5) is 15.5. The van der Waals surface area contributed by atoms with Crippen LogP contribution >= 0.6 is 0 Å². The molecule has 0 aromatic carbocycles. The second kappa shape index (κ2) is 6.57. The van der Waals surface area contributed by atoms with Crippen molar-refractivity contribution in [2.75, 3.05) is 12.3 Å². The van der Waals surface area contributed by atoms with Gasteiger partial charge in [0.05, 0.1) is 18.9 Å². The molecular weight excluding hydrogens is 329 g/mol. The molecule has 1 aliphatic heterocycles. The van der Waals surface area contributed by atoms with E-state index in [4.69, 9.17) is 14.9 Å². The summed E-state index contributed by atoms with van der Waals surface area (Å²) in [6.45, 7) is 13.4. The standard InChI is InChI=1S/C16H28FN3O3Si/c1-10-7-11(9-22-24(5,6)16(2,3)4)23-14(10)20-8-12(17)13(18)19-15(20)21/h8,10-11,14H,7,9H2,1-6H3,(H2,18,19,21)/t10?,11-,14+/m1/s1. The van der Waals surface area contributed by atoms with Gasteiger partial charge in [-0.2, -0.15) is 4.98 Å². The van der Waals surface area contributed by atoms with Crippen LogP contribution in [0.3, 0.4) is 0 Å². The molecule has 8 heteroatoms. The van der Waals surface area contributed by atoms with E-state index in [-0.39, 0.29) is 22.9 Å². The van der Waals surface area contributed by atoms with E-state index in [1.165, 1.54) is 4.57 Å². The minimum atomic E-state index is -1.86. The van der Waals surface area contributed by atoms with Gasteiger partial charge in [0.2, 0.25) is 0 Å². The SMILES string of the molecule is CC1C[C@H](CO[Si](C)(C)C(C)(C)C)O[C@@H]1n1cc(F)c(N)nc1=O. The molecule has 0 saturated carbocycles. The molecule has 1 aromatic heterocycles. The lowest BCUT2D eigenvalue weighted by Crippen LogP contribution is -2.42. The number of nitrogens with two attached hydrogens (primary N) is 1. The second-order valence-electron chi connectivity index (χ2n) is 8.10. The third kappa shape index (κ3) is 3.87. The smallest absolute Gasteiger partial charge is 0.351 e. The van der Waals surface area contributed by atoms with Crippen molar-refractivity contribution in [2.45, 2.75) is 64.6 Å². The van der Waals surface area contributed by atoms with Crippen LogP contribution in [-0.2, 0) is 9.16 Å². The van der Waals surface area contributed by atoms with Gasteiger partial charge in [-0.3, -0.25) is 4.57 Å². The fraction of sp³-hybridized carbons (Fsp3) is 0.750. The van der Waals surface area contributed by atoms with E-state index in [2.05, 4.69) is 38.8 Å². The molecule has 3 atom stereocenters. The highest BCUT2D eigenvalue weighted by Gasteiger charge is 2.40. The Balaban J connectivity index is 2.08. The van der Waals surface area contributed by atoms with E-state index in [0.29, 0.717) is 6.61 Å². The molecule has 24 heavy (non-hydrogen) atoms. The molecule has 2 heterocycles. The molecular formula is C16H28FN3O3Si. The first-order chi connectivity index (χ1) is 10.9. The maximum absolute atomic E-state index is 13.7. The van der Waals surface area contributed by atoms with Crippen LogP contribution in [-0.4, -0.2) is 30.6 Å². The molecule has 1 fully saturated rings. The molecule has 6 nitrogen and oxygen atoms in total. The van der Waals surface area contributed by atoms with E-state index in [9.17, 15) is 9.18 Å². The van der Waals surface area contributed by atoms with Crippen molar-refractivity contribution in [1.82, 2.24) is 9.55 Å². The zero-order chi connectivity index (χ0) is 18.3. The maximum Gasteiger partial charge on any atom is 0.351 e. The van der Waals surface area contributed by atoms with Gasteiger partial charge in [0.15, 0.2) is 20.0 Å². The topological polar surface area (TPSA) is 79.4 Å². The third-order valence-electron chi connectivity index (χ3n) is 5.10. The molecule has 0 spiro atoms. The summed E-state index contributed by atoms with van der Waals surface area (Å²) in [7, 11) is -1.86. The van der Waals surface area contributed by atoms with Crippen molar-refractivity contribution in [1.29, 1.82) is 0 Å². The number of hydrogen-bond acceptors (Lipinski definition) is 5. The molecule has 1 aliphatic rings. The average molecular weight is 358 g/mol. The zero-order valence-corrected chi connectivity index (χ0v) is 16.3. The number of ether oxygens (including phenoxy) is 1. The maximum atomic E-state index is 13.7. The molecule has 0 bridgehead atoms. The minimum Gasteiger partial charge on any atom is -0.414 e. The summed E-state index contributed by atoms with van der Waals surface area (Å²) in [6, 6.07) is 0. The van der Waals surface area contributed by atoms with Crippen molar-refractivity contribution in [3.63, 3.8) is 0 Å². The highest BCUT2D eigenvalue weighted by Crippen LogP contribution is 2.38. The lowest BCUT2D eigenvalue weighted by Gasteiger charge is -2.36. The fourth-order valence-corrected chi connectivity index (χ4v) is 3.56. The number of halogens is 1. The molecule has 0 aliphatic carbocycles. The van der Waals surface area contributed by atoms with Gasteiger partial charge in [-0.15, -0.1) is 0 Å². The third-order valence-corrected chi connectivity index (χ3v) is 9.60. The van der Waals surface area contributed by atoms with E-state index < -0.39 is 26.1 Å². The van der Waals surface area contributed by atoms with Crippen LogP contribution in [0.25, 0.3) is 0 Å². The van der Waals surface area contributed by atoms with Crippen LogP contribution in [0, 0.1) is 11.7 Å². The Morgan fingerprint density at radius 3 is 2.71 bits per heavy atom. The number of hydrogen-bond donors (Lipinski definition) is 1. The normalized spacial score (nSPS) is 25.2. The highest BCUT2D eigenvalue weighted by molar-refractivity contribution is 6.74. The molecule has 1 aromatic rings. The van der Waals surface area contributed by atoms with Crippen LogP contribution in [0.15, 0.2) is 11.0 Å². The van der Waals surface area contributed by atoms with Crippen LogP contribution < -0.4 is 11.4 Å². The van der Waals surface area contributed by atoms with E-state index in [1.807, 2.05) is 6.92 Å². The molecule has 1 saturated heterocycles. The first-order valence-electron chi connectivity index (χ1n) is 8.26. The molecule has 2 rings (SSSR count). The van der Waals surface area contributed by atoms with E-state index in [0.717, 1.165) is 12.6 Å². The Morgan fingerprint density at radius 1 is 1.50 bits per heavy atom. The Kier molecular flexibility index (Phi) is 5.22. The minimum absolute atomic E-state index is 0.0561. The molecule has 1 unspecified atom stereocenters. The van der Waals surface area contributed by atoms with Crippen molar-refractivity contribution in [3.05, 3.63) is 22.5 Å². The van der Waals surface area contributed by atoms with E-state index in [1.54, 1.807) is 0 Å². The Labute approximate surface area is 143 Å². The lowest BCUT2D eigenvalue weighted by molar-refractivity contribution is -0.0318. The van der Waals surface area contributed by atoms with Gasteiger partial charge < -0.3 is 14.9 Å². The van der Waals surface area contributed by atoms with Crippen LogP contribution in [0.1, 0.15) is 40.3 Å².